The largest absolute Gasteiger partial charge is 0.352 e. The molecule has 1 aliphatic carbocycles. The number of hydrogen-bond donors (Lipinski definition) is 1. The highest BCUT2D eigenvalue weighted by Gasteiger charge is 2.27. The van der Waals surface area contributed by atoms with Gasteiger partial charge in [-0.2, -0.15) is 0 Å². The van der Waals surface area contributed by atoms with Crippen molar-refractivity contribution >= 4 is 16.8 Å². The van der Waals surface area contributed by atoms with E-state index in [4.69, 9.17) is 4.98 Å². The van der Waals surface area contributed by atoms with Crippen molar-refractivity contribution in [1.82, 2.24) is 15.2 Å². The molecule has 1 aromatic heterocycles. The maximum atomic E-state index is 12.9. The lowest BCUT2D eigenvalue weighted by Gasteiger charge is -2.29. The zero-order chi connectivity index (χ0) is 17.4. The number of fused-ring (bicyclic) bond motifs is 1. The Morgan fingerprint density at radius 3 is 2.88 bits per heavy atom. The maximum absolute atomic E-state index is 12.9. The predicted molar refractivity (Wildman–Crippen MR) is 101 cm³/mol. The van der Waals surface area contributed by atoms with Gasteiger partial charge in [0.05, 0.1) is 11.1 Å². The summed E-state index contributed by atoms with van der Waals surface area (Å²) in [7, 11) is 2.16. The van der Waals surface area contributed by atoms with E-state index >= 15 is 0 Å². The molecule has 2 heterocycles. The van der Waals surface area contributed by atoms with Gasteiger partial charge in [-0.15, -0.1) is 0 Å². The minimum atomic E-state index is 0.0492. The number of aryl methyl sites for hydroxylation is 1. The van der Waals surface area contributed by atoms with Crippen LogP contribution in [0.4, 0.5) is 0 Å². The molecule has 0 radical (unpaired) electrons. The highest BCUT2D eigenvalue weighted by Crippen LogP contribution is 2.40. The molecular formula is C21H27N3O. The normalized spacial score (nSPS) is 21.4. The fourth-order valence-electron chi connectivity index (χ4n) is 3.91. The maximum Gasteiger partial charge on any atom is 0.252 e. The van der Waals surface area contributed by atoms with Crippen molar-refractivity contribution in [2.75, 3.05) is 26.7 Å². The summed E-state index contributed by atoms with van der Waals surface area (Å²) in [5.41, 5.74) is 3.98. The molecule has 2 aromatic rings. The van der Waals surface area contributed by atoms with Gasteiger partial charge < -0.3 is 10.2 Å². The summed E-state index contributed by atoms with van der Waals surface area (Å²) < 4.78 is 0. The molecule has 132 valence electrons. The number of amides is 1. The van der Waals surface area contributed by atoms with Gasteiger partial charge in [0.25, 0.3) is 5.91 Å². The lowest BCUT2D eigenvalue weighted by molar-refractivity contribution is 0.0938. The van der Waals surface area contributed by atoms with Crippen LogP contribution in [0.25, 0.3) is 10.9 Å². The molecule has 1 aromatic carbocycles. The molecule has 0 bridgehead atoms. The van der Waals surface area contributed by atoms with Gasteiger partial charge in [-0.25, -0.2) is 0 Å². The van der Waals surface area contributed by atoms with Crippen LogP contribution in [-0.4, -0.2) is 42.5 Å². The second kappa shape index (κ2) is 6.75. The first-order valence-corrected chi connectivity index (χ1v) is 9.48. The van der Waals surface area contributed by atoms with Crippen LogP contribution < -0.4 is 5.32 Å². The first kappa shape index (κ1) is 16.5. The van der Waals surface area contributed by atoms with E-state index in [1.54, 1.807) is 0 Å². The van der Waals surface area contributed by atoms with Crippen molar-refractivity contribution in [2.45, 2.75) is 38.5 Å². The zero-order valence-electron chi connectivity index (χ0n) is 15.2. The summed E-state index contributed by atoms with van der Waals surface area (Å²) in [6.07, 6.45) is 4.81. The van der Waals surface area contributed by atoms with E-state index in [9.17, 15) is 4.79 Å². The molecule has 4 rings (SSSR count). The Bertz CT molecular complexity index is 797. The Hall–Kier alpha value is -1.94. The van der Waals surface area contributed by atoms with Crippen LogP contribution in [0, 0.1) is 12.8 Å². The molecule has 0 spiro atoms. The highest BCUT2D eigenvalue weighted by molar-refractivity contribution is 6.06. The second-order valence-electron chi connectivity index (χ2n) is 7.87. The Morgan fingerprint density at radius 2 is 2.12 bits per heavy atom. The van der Waals surface area contributed by atoms with Gasteiger partial charge in [0.1, 0.15) is 0 Å². The number of likely N-dealkylation sites (tertiary alicyclic amines) is 1. The number of aromatic nitrogens is 1. The summed E-state index contributed by atoms with van der Waals surface area (Å²) in [5, 5.41) is 4.17. The van der Waals surface area contributed by atoms with Gasteiger partial charge in [0.2, 0.25) is 0 Å². The zero-order valence-corrected chi connectivity index (χ0v) is 15.2. The predicted octanol–water partition coefficient (Wildman–Crippen LogP) is 3.49. The first-order valence-electron chi connectivity index (χ1n) is 9.48. The summed E-state index contributed by atoms with van der Waals surface area (Å²) in [6, 6.07) is 8.24. The molecule has 1 amide bonds. The second-order valence-corrected chi connectivity index (χ2v) is 7.87. The van der Waals surface area contributed by atoms with Crippen molar-refractivity contribution in [3.8, 4) is 0 Å². The number of benzene rings is 1. The average Bonchev–Trinajstić information content (AvgIpc) is 3.44. The molecule has 1 unspecified atom stereocenters. The standard InChI is InChI=1S/C21H27N3O/c1-14-5-8-19-17(10-14)18(11-20(23-19)16-6-7-16)21(25)22-12-15-4-3-9-24(2)13-15/h5,8,10-11,15-16H,3-4,6-7,9,12-13H2,1-2H3,(H,22,25). The Balaban J connectivity index is 1.58. The lowest BCUT2D eigenvalue weighted by Crippen LogP contribution is -2.39. The molecule has 1 atom stereocenters. The Morgan fingerprint density at radius 1 is 1.28 bits per heavy atom. The fraction of sp³-hybridized carbons (Fsp3) is 0.524. The van der Waals surface area contributed by atoms with Gasteiger partial charge in [0.15, 0.2) is 0 Å². The number of piperidine rings is 1. The number of carbonyl (C=O) groups is 1. The Labute approximate surface area is 149 Å². The first-order chi connectivity index (χ1) is 12.1. The topological polar surface area (TPSA) is 45.2 Å². The minimum absolute atomic E-state index is 0.0492. The molecule has 2 aliphatic rings. The number of rotatable bonds is 4. The van der Waals surface area contributed by atoms with E-state index in [-0.39, 0.29) is 5.91 Å². The van der Waals surface area contributed by atoms with Crippen LogP contribution in [-0.2, 0) is 0 Å². The van der Waals surface area contributed by atoms with Crippen LogP contribution >= 0.6 is 0 Å². The van der Waals surface area contributed by atoms with E-state index < -0.39 is 0 Å². The van der Waals surface area contributed by atoms with Crippen molar-refractivity contribution in [1.29, 1.82) is 0 Å². The average molecular weight is 337 g/mol. The van der Waals surface area contributed by atoms with E-state index in [2.05, 4.69) is 36.3 Å². The van der Waals surface area contributed by atoms with Crippen LogP contribution in [0.15, 0.2) is 24.3 Å². The summed E-state index contributed by atoms with van der Waals surface area (Å²) in [6.45, 7) is 5.07. The van der Waals surface area contributed by atoms with Crippen molar-refractivity contribution in [2.24, 2.45) is 5.92 Å². The monoisotopic (exact) mass is 337 g/mol. The summed E-state index contributed by atoms with van der Waals surface area (Å²) in [5.74, 6) is 1.15. The van der Waals surface area contributed by atoms with Gasteiger partial charge >= 0.3 is 0 Å². The third kappa shape index (κ3) is 3.69. The third-order valence-corrected chi connectivity index (χ3v) is 5.50. The van der Waals surface area contributed by atoms with E-state index in [0.717, 1.165) is 40.8 Å². The molecule has 4 nitrogen and oxygen atoms in total. The molecule has 1 N–H and O–H groups in total. The molecule has 2 fully saturated rings. The molecular weight excluding hydrogens is 310 g/mol. The minimum Gasteiger partial charge on any atom is -0.352 e. The van der Waals surface area contributed by atoms with Crippen LogP contribution in [0.2, 0.25) is 0 Å². The van der Waals surface area contributed by atoms with Gasteiger partial charge in [-0.1, -0.05) is 11.6 Å². The Kier molecular flexibility index (Phi) is 4.46. The number of pyridine rings is 1. The van der Waals surface area contributed by atoms with Crippen LogP contribution in [0.3, 0.4) is 0 Å². The van der Waals surface area contributed by atoms with Crippen molar-refractivity contribution in [3.63, 3.8) is 0 Å². The third-order valence-electron chi connectivity index (χ3n) is 5.50. The quantitative estimate of drug-likeness (QED) is 0.929. The van der Waals surface area contributed by atoms with Crippen molar-refractivity contribution < 1.29 is 4.79 Å². The summed E-state index contributed by atoms with van der Waals surface area (Å²) >= 11 is 0. The van der Waals surface area contributed by atoms with Crippen molar-refractivity contribution in [3.05, 3.63) is 41.1 Å². The van der Waals surface area contributed by atoms with E-state index in [0.29, 0.717) is 11.8 Å². The number of hydrogen-bond acceptors (Lipinski definition) is 3. The number of carbonyl (C=O) groups excluding carboxylic acids is 1. The lowest BCUT2D eigenvalue weighted by atomic mass is 9.98. The van der Waals surface area contributed by atoms with Gasteiger partial charge in [-0.3, -0.25) is 9.78 Å². The smallest absolute Gasteiger partial charge is 0.252 e. The number of nitrogens with one attached hydrogen (secondary N) is 1. The van der Waals surface area contributed by atoms with Gasteiger partial charge in [0, 0.05) is 30.1 Å². The summed E-state index contributed by atoms with van der Waals surface area (Å²) in [4.78, 5) is 20.1. The fourth-order valence-corrected chi connectivity index (χ4v) is 3.91. The van der Waals surface area contributed by atoms with Gasteiger partial charge in [-0.05, 0) is 70.3 Å². The van der Waals surface area contributed by atoms with E-state index in [1.807, 2.05) is 12.1 Å². The molecule has 1 saturated carbocycles. The molecule has 1 aliphatic heterocycles. The van der Waals surface area contributed by atoms with Crippen LogP contribution in [0.5, 0.6) is 0 Å². The molecule has 1 saturated heterocycles. The van der Waals surface area contributed by atoms with E-state index in [1.165, 1.54) is 32.2 Å². The SMILES string of the molecule is Cc1ccc2nc(C3CC3)cc(C(=O)NCC3CCCN(C)C3)c2c1. The molecule has 25 heavy (non-hydrogen) atoms. The highest BCUT2D eigenvalue weighted by atomic mass is 16.1. The number of nitrogens with zero attached hydrogens (tertiary/aromatic N) is 2. The van der Waals surface area contributed by atoms with Crippen LogP contribution in [0.1, 0.15) is 53.2 Å². The molecule has 4 heteroatoms.